The minimum Gasteiger partial charge on any atom is -0.387 e. The molecule has 0 bridgehead atoms. The minimum atomic E-state index is -0.370. The van der Waals surface area contributed by atoms with Crippen LogP contribution in [0.1, 0.15) is 25.5 Å². The summed E-state index contributed by atoms with van der Waals surface area (Å²) < 4.78 is 1.79. The van der Waals surface area contributed by atoms with Crippen molar-refractivity contribution in [2.75, 3.05) is 0 Å². The number of nitrogens with two attached hydrogens (primary N) is 1. The number of hydrogen-bond acceptors (Lipinski definition) is 3. The molecule has 78 valence electrons. The lowest BCUT2D eigenvalue weighted by molar-refractivity contribution is 0.390. The summed E-state index contributed by atoms with van der Waals surface area (Å²) in [5.74, 6) is 1.78. The monoisotopic (exact) mass is 195 g/mol. The molecule has 5 nitrogen and oxygen atoms in total. The molecule has 0 aromatic carbocycles. The summed E-state index contributed by atoms with van der Waals surface area (Å²) in [7, 11) is 0. The third-order valence-electron chi connectivity index (χ3n) is 2.24. The lowest BCUT2D eigenvalue weighted by atomic mass is 9.92. The third kappa shape index (κ3) is 2.10. The summed E-state index contributed by atoms with van der Waals surface area (Å²) in [5.41, 5.74) is 5.13. The fraction of sp³-hybridized carbons (Fsp3) is 0.667. The second-order valence-electron chi connectivity index (χ2n) is 4.16. The average Bonchev–Trinajstić information content (AvgIpc) is 2.29. The van der Waals surface area contributed by atoms with Crippen LogP contribution in [0.25, 0.3) is 0 Å². The van der Waals surface area contributed by atoms with Crippen LogP contribution in [-0.2, 0) is 6.54 Å². The molecule has 1 aromatic rings. The molecule has 0 amide bonds. The number of aromatic nitrogens is 3. The lowest BCUT2D eigenvalue weighted by Crippen LogP contribution is -2.35. The molecule has 0 unspecified atom stereocenters. The molecule has 0 radical (unpaired) electrons. The van der Waals surface area contributed by atoms with E-state index in [0.717, 1.165) is 11.6 Å². The zero-order chi connectivity index (χ0) is 10.9. The molecule has 0 saturated heterocycles. The van der Waals surface area contributed by atoms with Crippen LogP contribution in [0.4, 0.5) is 0 Å². The summed E-state index contributed by atoms with van der Waals surface area (Å²) in [4.78, 5) is 4.20. The van der Waals surface area contributed by atoms with Crippen LogP contribution in [0.3, 0.4) is 0 Å². The molecule has 0 fully saturated rings. The van der Waals surface area contributed by atoms with Gasteiger partial charge in [-0.15, -0.1) is 0 Å². The van der Waals surface area contributed by atoms with Gasteiger partial charge in [-0.2, -0.15) is 5.10 Å². The van der Waals surface area contributed by atoms with Gasteiger partial charge in [0.1, 0.15) is 11.6 Å². The van der Waals surface area contributed by atoms with Crippen molar-refractivity contribution < 1.29 is 0 Å². The maximum atomic E-state index is 7.44. The van der Waals surface area contributed by atoms with E-state index in [-0.39, 0.29) is 11.3 Å². The molecule has 0 aliphatic heterocycles. The highest BCUT2D eigenvalue weighted by Crippen LogP contribution is 2.17. The Morgan fingerprint density at radius 2 is 2.07 bits per heavy atom. The van der Waals surface area contributed by atoms with Crippen molar-refractivity contribution in [1.29, 1.82) is 5.41 Å². The van der Waals surface area contributed by atoms with Gasteiger partial charge in [-0.25, -0.2) is 9.67 Å². The Kier molecular flexibility index (Phi) is 2.59. The second-order valence-corrected chi connectivity index (χ2v) is 4.16. The molecule has 5 heteroatoms. The van der Waals surface area contributed by atoms with Crippen molar-refractivity contribution in [2.24, 2.45) is 11.1 Å². The lowest BCUT2D eigenvalue weighted by Gasteiger charge is -2.22. The average molecular weight is 195 g/mol. The Morgan fingerprint density at radius 3 is 2.43 bits per heavy atom. The summed E-state index contributed by atoms with van der Waals surface area (Å²) in [5, 5.41) is 11.7. The summed E-state index contributed by atoms with van der Waals surface area (Å²) >= 11 is 0. The fourth-order valence-corrected chi connectivity index (χ4v) is 1.17. The standard InChI is InChI=1S/C9H17N5/c1-6-12-7(2)14(13-6)5-9(3,4)8(10)11/h5H2,1-4H3,(H3,10,11). The SMILES string of the molecule is Cc1nc(C)n(CC(C)(C)C(=N)N)n1. The van der Waals surface area contributed by atoms with E-state index >= 15 is 0 Å². The molecule has 0 spiro atoms. The van der Waals surface area contributed by atoms with Gasteiger partial charge in [0.05, 0.1) is 12.4 Å². The number of aryl methyl sites for hydroxylation is 2. The maximum Gasteiger partial charge on any atom is 0.147 e. The fourth-order valence-electron chi connectivity index (χ4n) is 1.17. The minimum absolute atomic E-state index is 0.171. The van der Waals surface area contributed by atoms with Crippen molar-refractivity contribution in [3.05, 3.63) is 11.6 Å². The number of rotatable bonds is 3. The van der Waals surface area contributed by atoms with Crippen molar-refractivity contribution in [3.8, 4) is 0 Å². The predicted octanol–water partition coefficient (Wildman–Crippen LogP) is 0.857. The first-order valence-corrected chi connectivity index (χ1v) is 4.55. The Bertz CT molecular complexity index is 350. The van der Waals surface area contributed by atoms with Gasteiger partial charge in [-0.1, -0.05) is 13.8 Å². The molecule has 1 aromatic heterocycles. The number of amidine groups is 1. The zero-order valence-corrected chi connectivity index (χ0v) is 9.13. The first kappa shape index (κ1) is 10.7. The van der Waals surface area contributed by atoms with Crippen molar-refractivity contribution in [1.82, 2.24) is 14.8 Å². The summed E-state index contributed by atoms with van der Waals surface area (Å²) in [6, 6.07) is 0. The molecule has 3 N–H and O–H groups in total. The first-order chi connectivity index (χ1) is 6.33. The van der Waals surface area contributed by atoms with Gasteiger partial charge in [0.25, 0.3) is 0 Å². The van der Waals surface area contributed by atoms with Gasteiger partial charge in [-0.3, -0.25) is 5.41 Å². The van der Waals surface area contributed by atoms with Crippen molar-refractivity contribution in [2.45, 2.75) is 34.2 Å². The van der Waals surface area contributed by atoms with Crippen LogP contribution in [0.5, 0.6) is 0 Å². The Labute approximate surface area is 83.8 Å². The molecule has 0 aliphatic carbocycles. The predicted molar refractivity (Wildman–Crippen MR) is 55.2 cm³/mol. The third-order valence-corrected chi connectivity index (χ3v) is 2.24. The van der Waals surface area contributed by atoms with Crippen LogP contribution in [-0.4, -0.2) is 20.6 Å². The van der Waals surface area contributed by atoms with E-state index < -0.39 is 0 Å². The van der Waals surface area contributed by atoms with Crippen LogP contribution < -0.4 is 5.73 Å². The van der Waals surface area contributed by atoms with E-state index in [1.807, 2.05) is 27.7 Å². The Balaban J connectivity index is 2.88. The highest BCUT2D eigenvalue weighted by Gasteiger charge is 2.23. The van der Waals surface area contributed by atoms with Crippen LogP contribution in [0.2, 0.25) is 0 Å². The number of nitrogens with one attached hydrogen (secondary N) is 1. The molecule has 0 aliphatic rings. The van der Waals surface area contributed by atoms with Crippen molar-refractivity contribution >= 4 is 5.84 Å². The van der Waals surface area contributed by atoms with E-state index in [0.29, 0.717) is 6.54 Å². The van der Waals surface area contributed by atoms with Gasteiger partial charge in [-0.05, 0) is 13.8 Å². The molecule has 1 rings (SSSR count). The first-order valence-electron chi connectivity index (χ1n) is 4.55. The van der Waals surface area contributed by atoms with Crippen molar-refractivity contribution in [3.63, 3.8) is 0 Å². The molecule has 14 heavy (non-hydrogen) atoms. The van der Waals surface area contributed by atoms with E-state index in [4.69, 9.17) is 11.1 Å². The molecule has 1 heterocycles. The highest BCUT2D eigenvalue weighted by molar-refractivity contribution is 5.82. The van der Waals surface area contributed by atoms with E-state index in [1.165, 1.54) is 0 Å². The normalized spacial score (nSPS) is 11.7. The van der Waals surface area contributed by atoms with E-state index in [2.05, 4.69) is 10.1 Å². The van der Waals surface area contributed by atoms with Gasteiger partial charge in [0.15, 0.2) is 0 Å². The van der Waals surface area contributed by atoms with Gasteiger partial charge in [0, 0.05) is 5.41 Å². The van der Waals surface area contributed by atoms with Gasteiger partial charge in [0.2, 0.25) is 0 Å². The molecule has 0 atom stereocenters. The maximum absolute atomic E-state index is 7.44. The molecular formula is C9H17N5. The Morgan fingerprint density at radius 1 is 1.50 bits per heavy atom. The molecular weight excluding hydrogens is 178 g/mol. The Hall–Kier alpha value is -1.39. The number of hydrogen-bond donors (Lipinski definition) is 2. The van der Waals surface area contributed by atoms with Gasteiger partial charge < -0.3 is 5.73 Å². The summed E-state index contributed by atoms with van der Waals surface area (Å²) in [6.45, 7) is 8.19. The van der Waals surface area contributed by atoms with Crippen LogP contribution in [0, 0.1) is 24.7 Å². The van der Waals surface area contributed by atoms with Gasteiger partial charge >= 0.3 is 0 Å². The molecule has 0 saturated carbocycles. The smallest absolute Gasteiger partial charge is 0.147 e. The largest absolute Gasteiger partial charge is 0.387 e. The van der Waals surface area contributed by atoms with E-state index in [1.54, 1.807) is 4.68 Å². The van der Waals surface area contributed by atoms with Crippen LogP contribution >= 0.6 is 0 Å². The second kappa shape index (κ2) is 3.40. The van der Waals surface area contributed by atoms with Crippen LogP contribution in [0.15, 0.2) is 0 Å². The zero-order valence-electron chi connectivity index (χ0n) is 9.13. The number of nitrogens with zero attached hydrogens (tertiary/aromatic N) is 3. The quantitative estimate of drug-likeness (QED) is 0.554. The summed E-state index contributed by atoms with van der Waals surface area (Å²) in [6.07, 6.45) is 0. The highest BCUT2D eigenvalue weighted by atomic mass is 15.3. The van der Waals surface area contributed by atoms with E-state index in [9.17, 15) is 0 Å². The topological polar surface area (TPSA) is 80.6 Å².